The largest absolute Gasteiger partial charge is 0.481 e. The third-order valence-electron chi connectivity index (χ3n) is 2.29. The highest BCUT2D eigenvalue weighted by Gasteiger charge is 2.11. The van der Waals surface area contributed by atoms with Gasteiger partial charge >= 0.3 is 5.97 Å². The summed E-state index contributed by atoms with van der Waals surface area (Å²) in [6.07, 6.45) is 1.35. The molecule has 0 heterocycles. The minimum absolute atomic E-state index is 0.000118. The van der Waals surface area contributed by atoms with Crippen LogP contribution >= 0.6 is 0 Å². The number of nitrogens with one attached hydrogen (secondary N) is 2. The number of aliphatic carboxylic acids is 1. The van der Waals surface area contributed by atoms with E-state index in [0.717, 1.165) is 5.56 Å². The Morgan fingerprint density at radius 3 is 2.40 bits per heavy atom. The Bertz CT molecular complexity index is 523. The minimum Gasteiger partial charge on any atom is -0.481 e. The third-order valence-corrected chi connectivity index (χ3v) is 2.29. The van der Waals surface area contributed by atoms with E-state index in [1.165, 1.54) is 13.0 Å². The van der Waals surface area contributed by atoms with Crippen LogP contribution in [0.15, 0.2) is 36.0 Å². The number of hydrogen-bond donors (Lipinski definition) is 3. The zero-order valence-electron chi connectivity index (χ0n) is 11.1. The number of carbonyl (C=O) groups excluding carboxylic acids is 2. The zero-order valence-corrected chi connectivity index (χ0v) is 11.1. The van der Waals surface area contributed by atoms with E-state index in [1.807, 2.05) is 6.07 Å². The van der Waals surface area contributed by atoms with Crippen LogP contribution in [0.5, 0.6) is 0 Å². The molecule has 0 fully saturated rings. The van der Waals surface area contributed by atoms with Crippen LogP contribution in [-0.4, -0.2) is 29.4 Å². The van der Waals surface area contributed by atoms with E-state index in [1.54, 1.807) is 24.3 Å². The summed E-state index contributed by atoms with van der Waals surface area (Å²) in [7, 11) is 0. The molecule has 106 valence electrons. The first-order valence-corrected chi connectivity index (χ1v) is 6.03. The summed E-state index contributed by atoms with van der Waals surface area (Å²) in [5.74, 6) is -1.90. The van der Waals surface area contributed by atoms with Crippen molar-refractivity contribution in [2.45, 2.75) is 13.3 Å². The van der Waals surface area contributed by atoms with Crippen LogP contribution in [-0.2, 0) is 14.4 Å². The first-order chi connectivity index (χ1) is 9.49. The maximum absolute atomic E-state index is 11.9. The Hall–Kier alpha value is -2.63. The topological polar surface area (TPSA) is 95.5 Å². The highest BCUT2D eigenvalue weighted by Crippen LogP contribution is 2.05. The molecule has 0 spiro atoms. The smallest absolute Gasteiger partial charge is 0.305 e. The van der Waals surface area contributed by atoms with Gasteiger partial charge in [0.1, 0.15) is 5.70 Å². The van der Waals surface area contributed by atoms with Gasteiger partial charge in [-0.3, -0.25) is 14.4 Å². The molecule has 3 N–H and O–H groups in total. The van der Waals surface area contributed by atoms with Crippen LogP contribution < -0.4 is 10.6 Å². The van der Waals surface area contributed by atoms with Crippen molar-refractivity contribution in [2.24, 2.45) is 0 Å². The maximum Gasteiger partial charge on any atom is 0.305 e. The van der Waals surface area contributed by atoms with Gasteiger partial charge in [0.2, 0.25) is 5.91 Å². The van der Waals surface area contributed by atoms with Crippen LogP contribution in [0.25, 0.3) is 6.08 Å². The molecular weight excluding hydrogens is 260 g/mol. The predicted molar refractivity (Wildman–Crippen MR) is 73.5 cm³/mol. The minimum atomic E-state index is -1.00. The van der Waals surface area contributed by atoms with Gasteiger partial charge in [-0.25, -0.2) is 0 Å². The third kappa shape index (κ3) is 5.81. The van der Waals surface area contributed by atoms with Gasteiger partial charge in [-0.2, -0.15) is 0 Å². The molecular formula is C14H16N2O4. The Kier molecular flexibility index (Phi) is 5.96. The molecule has 1 rings (SSSR count). The molecule has 0 radical (unpaired) electrons. The van der Waals surface area contributed by atoms with Crippen LogP contribution in [0.1, 0.15) is 18.9 Å². The molecule has 0 aliphatic heterocycles. The molecule has 6 nitrogen and oxygen atoms in total. The predicted octanol–water partition coefficient (Wildman–Crippen LogP) is 0.754. The second-order valence-corrected chi connectivity index (χ2v) is 4.05. The van der Waals surface area contributed by atoms with Gasteiger partial charge in [0, 0.05) is 13.5 Å². The van der Waals surface area contributed by atoms with Gasteiger partial charge in [0.25, 0.3) is 5.91 Å². The van der Waals surface area contributed by atoms with Crippen LogP contribution in [0.2, 0.25) is 0 Å². The lowest BCUT2D eigenvalue weighted by Crippen LogP contribution is -2.34. The second kappa shape index (κ2) is 7.73. The van der Waals surface area contributed by atoms with Gasteiger partial charge in [-0.15, -0.1) is 0 Å². The molecule has 0 atom stereocenters. The number of hydrogen-bond acceptors (Lipinski definition) is 3. The van der Waals surface area contributed by atoms with Gasteiger partial charge in [-0.1, -0.05) is 30.3 Å². The Morgan fingerprint density at radius 1 is 1.20 bits per heavy atom. The first kappa shape index (κ1) is 15.4. The Morgan fingerprint density at radius 2 is 1.85 bits per heavy atom. The summed E-state index contributed by atoms with van der Waals surface area (Å²) in [5.41, 5.74) is 0.832. The van der Waals surface area contributed by atoms with E-state index >= 15 is 0 Å². The van der Waals surface area contributed by atoms with Crippen molar-refractivity contribution in [1.29, 1.82) is 0 Å². The molecule has 2 amide bonds. The molecule has 0 saturated heterocycles. The summed E-state index contributed by atoms with van der Waals surface area (Å²) in [5, 5.41) is 13.4. The Labute approximate surface area is 116 Å². The van der Waals surface area contributed by atoms with Crippen LogP contribution in [0.3, 0.4) is 0 Å². The second-order valence-electron chi connectivity index (χ2n) is 4.05. The van der Waals surface area contributed by atoms with E-state index in [0.29, 0.717) is 0 Å². The van der Waals surface area contributed by atoms with E-state index in [9.17, 15) is 14.4 Å². The lowest BCUT2D eigenvalue weighted by atomic mass is 10.2. The summed E-state index contributed by atoms with van der Waals surface area (Å²) in [4.78, 5) is 33.4. The molecule has 20 heavy (non-hydrogen) atoms. The number of amides is 2. The normalized spacial score (nSPS) is 10.8. The molecule has 0 aromatic heterocycles. The standard InChI is InChI=1S/C14H16N2O4/c1-10(17)16-12(9-11-5-3-2-4-6-11)14(20)15-8-7-13(18)19/h2-6,9H,7-8H2,1H3,(H,15,20)(H,16,17)(H,18,19)/b12-9+. The summed E-state index contributed by atoms with van der Waals surface area (Å²) in [6.45, 7) is 1.29. The molecule has 1 aromatic carbocycles. The fraction of sp³-hybridized carbons (Fsp3) is 0.214. The van der Waals surface area contributed by atoms with Crippen LogP contribution in [0, 0.1) is 0 Å². The number of carboxylic acid groups (broad SMARTS) is 1. The molecule has 6 heteroatoms. The molecule has 0 saturated carbocycles. The van der Waals surface area contributed by atoms with Crippen molar-refractivity contribution in [1.82, 2.24) is 10.6 Å². The van der Waals surface area contributed by atoms with Crippen molar-refractivity contribution in [2.75, 3.05) is 6.54 Å². The van der Waals surface area contributed by atoms with Crippen molar-refractivity contribution < 1.29 is 19.5 Å². The monoisotopic (exact) mass is 276 g/mol. The fourth-order valence-electron chi connectivity index (χ4n) is 1.44. The average molecular weight is 276 g/mol. The van der Waals surface area contributed by atoms with Crippen molar-refractivity contribution >= 4 is 23.9 Å². The average Bonchev–Trinajstić information content (AvgIpc) is 2.38. The van der Waals surface area contributed by atoms with Crippen molar-refractivity contribution in [3.63, 3.8) is 0 Å². The molecule has 0 aliphatic rings. The maximum atomic E-state index is 11.9. The van der Waals surface area contributed by atoms with E-state index in [2.05, 4.69) is 10.6 Å². The summed E-state index contributed by atoms with van der Waals surface area (Å²) in [6, 6.07) is 9.01. The molecule has 0 unspecified atom stereocenters. The van der Waals surface area contributed by atoms with Crippen molar-refractivity contribution in [3.8, 4) is 0 Å². The van der Waals surface area contributed by atoms with E-state index < -0.39 is 11.9 Å². The van der Waals surface area contributed by atoms with E-state index in [4.69, 9.17) is 5.11 Å². The fourth-order valence-corrected chi connectivity index (χ4v) is 1.44. The Balaban J connectivity index is 2.78. The highest BCUT2D eigenvalue weighted by molar-refractivity contribution is 6.00. The lowest BCUT2D eigenvalue weighted by Gasteiger charge is -2.09. The quantitative estimate of drug-likeness (QED) is 0.668. The van der Waals surface area contributed by atoms with Gasteiger partial charge in [-0.05, 0) is 11.6 Å². The lowest BCUT2D eigenvalue weighted by molar-refractivity contribution is -0.137. The summed E-state index contributed by atoms with van der Waals surface area (Å²) < 4.78 is 0. The van der Waals surface area contributed by atoms with Crippen molar-refractivity contribution in [3.05, 3.63) is 41.6 Å². The number of benzene rings is 1. The SMILES string of the molecule is CC(=O)N/C(=C/c1ccccc1)C(=O)NCCC(=O)O. The molecule has 1 aromatic rings. The van der Waals surface area contributed by atoms with Gasteiger partial charge in [0.05, 0.1) is 6.42 Å². The number of carbonyl (C=O) groups is 3. The van der Waals surface area contributed by atoms with Crippen LogP contribution in [0.4, 0.5) is 0 Å². The highest BCUT2D eigenvalue weighted by atomic mass is 16.4. The first-order valence-electron chi connectivity index (χ1n) is 6.03. The number of rotatable bonds is 6. The molecule has 0 aliphatic carbocycles. The zero-order chi connectivity index (χ0) is 15.0. The summed E-state index contributed by atoms with van der Waals surface area (Å²) >= 11 is 0. The molecule has 0 bridgehead atoms. The van der Waals surface area contributed by atoms with E-state index in [-0.39, 0.29) is 24.6 Å². The number of carboxylic acids is 1. The van der Waals surface area contributed by atoms with Gasteiger partial charge < -0.3 is 15.7 Å². The van der Waals surface area contributed by atoms with Gasteiger partial charge in [0.15, 0.2) is 0 Å².